The quantitative estimate of drug-likeness (QED) is 0.327. The van der Waals surface area contributed by atoms with Gasteiger partial charge in [0.2, 0.25) is 0 Å². The summed E-state index contributed by atoms with van der Waals surface area (Å²) in [6, 6.07) is 5.79. The zero-order valence-electron chi connectivity index (χ0n) is 23.4. The molecule has 9 nitrogen and oxygen atoms in total. The van der Waals surface area contributed by atoms with Gasteiger partial charge in [-0.15, -0.1) is 0 Å². The molecule has 6 atom stereocenters. The first kappa shape index (κ1) is 30.5. The first-order valence-corrected chi connectivity index (χ1v) is 13.6. The van der Waals surface area contributed by atoms with Crippen LogP contribution in [0.2, 0.25) is 0 Å². The van der Waals surface area contributed by atoms with Crippen LogP contribution in [0.5, 0.6) is 0 Å². The van der Waals surface area contributed by atoms with Crippen molar-refractivity contribution in [3.63, 3.8) is 0 Å². The molecule has 1 aromatic heterocycles. The molecule has 3 heterocycles. The summed E-state index contributed by atoms with van der Waals surface area (Å²) in [4.78, 5) is 31.4. The fraction of sp³-hybridized carbons (Fsp3) is 0.567. The van der Waals surface area contributed by atoms with Gasteiger partial charge in [0.15, 0.2) is 6.10 Å². The highest BCUT2D eigenvalue weighted by molar-refractivity contribution is 5.70. The van der Waals surface area contributed by atoms with Gasteiger partial charge in [0.05, 0.1) is 25.7 Å². The van der Waals surface area contributed by atoms with Gasteiger partial charge >= 0.3 is 12.1 Å². The lowest BCUT2D eigenvalue weighted by molar-refractivity contribution is -0.151. The van der Waals surface area contributed by atoms with Gasteiger partial charge in [-0.3, -0.25) is 9.78 Å². The molecule has 0 radical (unpaired) electrons. The highest BCUT2D eigenvalue weighted by atomic mass is 16.6. The van der Waals surface area contributed by atoms with Gasteiger partial charge < -0.3 is 29.3 Å². The Morgan fingerprint density at radius 3 is 2.72 bits per heavy atom. The number of allylic oxidation sites excluding steroid dienone is 3. The molecule has 0 spiro atoms. The Morgan fingerprint density at radius 2 is 2.03 bits per heavy atom. The molecule has 1 saturated heterocycles. The van der Waals surface area contributed by atoms with Crippen LogP contribution in [-0.4, -0.2) is 82.4 Å². The largest absolute Gasteiger partial charge is 0.457 e. The Bertz CT molecular complexity index is 1030. The van der Waals surface area contributed by atoms with Crippen LogP contribution in [0.4, 0.5) is 4.79 Å². The maximum Gasteiger partial charge on any atom is 0.410 e. The zero-order valence-corrected chi connectivity index (χ0v) is 23.4. The Kier molecular flexibility index (Phi) is 11.3. The number of amides is 1. The minimum absolute atomic E-state index is 0.103. The van der Waals surface area contributed by atoms with Crippen molar-refractivity contribution in [1.82, 2.24) is 9.88 Å². The van der Waals surface area contributed by atoms with Crippen LogP contribution >= 0.6 is 0 Å². The summed E-state index contributed by atoms with van der Waals surface area (Å²) < 4.78 is 16.9. The molecule has 9 heteroatoms. The van der Waals surface area contributed by atoms with E-state index in [0.29, 0.717) is 26.3 Å². The number of aliphatic hydroxyl groups is 2. The van der Waals surface area contributed by atoms with Gasteiger partial charge in [-0.05, 0) is 50.5 Å². The Morgan fingerprint density at radius 1 is 1.28 bits per heavy atom. The standard InChI is InChI=1S/C30H42N2O7/c1-21(25-10-5-6-15-31-25)8-7-9-22(2)28-23(3)11-12-26(38-29(35)32-16-18-37-19-17-32)30(4,36)14-13-24(33)20-27(34)39-28/h5-12,15,21,23-24,26,28,33,36H,13-14,16-20H2,1-4H3/b8-7+,12-11+,22-9+/t21-,23-,24-,26-,28+,30-/m0/s1. The van der Waals surface area contributed by atoms with Crippen molar-refractivity contribution in [2.24, 2.45) is 5.92 Å². The van der Waals surface area contributed by atoms with Gasteiger partial charge in [-0.2, -0.15) is 0 Å². The molecule has 0 saturated carbocycles. The monoisotopic (exact) mass is 542 g/mol. The van der Waals surface area contributed by atoms with Crippen LogP contribution < -0.4 is 0 Å². The van der Waals surface area contributed by atoms with E-state index in [1.807, 2.05) is 50.3 Å². The lowest BCUT2D eigenvalue weighted by atomic mass is 9.88. The molecular formula is C30H42N2O7. The van der Waals surface area contributed by atoms with Crippen LogP contribution in [0.3, 0.4) is 0 Å². The number of rotatable bonds is 5. The Labute approximate surface area is 231 Å². The van der Waals surface area contributed by atoms with Crippen molar-refractivity contribution < 1.29 is 34.0 Å². The Hall–Kier alpha value is -3.01. The number of hydrogen-bond acceptors (Lipinski definition) is 8. The zero-order chi connectivity index (χ0) is 28.4. The minimum atomic E-state index is -1.45. The molecule has 0 bridgehead atoms. The topological polar surface area (TPSA) is 118 Å². The Balaban J connectivity index is 1.81. The summed E-state index contributed by atoms with van der Waals surface area (Å²) in [7, 11) is 0. The van der Waals surface area contributed by atoms with Crippen LogP contribution in [0.15, 0.2) is 60.3 Å². The molecule has 0 aromatic carbocycles. The van der Waals surface area contributed by atoms with Crippen molar-refractivity contribution in [2.75, 3.05) is 26.3 Å². The molecule has 214 valence electrons. The summed E-state index contributed by atoms with van der Waals surface area (Å²) in [5.74, 6) is -0.712. The van der Waals surface area contributed by atoms with Crippen LogP contribution in [0, 0.1) is 5.92 Å². The molecule has 1 fully saturated rings. The number of aliphatic hydroxyl groups excluding tert-OH is 1. The van der Waals surface area contributed by atoms with Gasteiger partial charge in [0, 0.05) is 36.8 Å². The second-order valence-electron chi connectivity index (χ2n) is 10.7. The van der Waals surface area contributed by atoms with Crippen molar-refractivity contribution in [1.29, 1.82) is 0 Å². The second-order valence-corrected chi connectivity index (χ2v) is 10.7. The van der Waals surface area contributed by atoms with E-state index in [2.05, 4.69) is 11.9 Å². The lowest BCUT2D eigenvalue weighted by Crippen LogP contribution is -2.47. The molecule has 0 unspecified atom stereocenters. The summed E-state index contributed by atoms with van der Waals surface area (Å²) >= 11 is 0. The van der Waals surface area contributed by atoms with E-state index < -0.39 is 36.0 Å². The lowest BCUT2D eigenvalue weighted by Gasteiger charge is -2.35. The number of aromatic nitrogens is 1. The number of pyridine rings is 1. The number of carbonyl (C=O) groups is 2. The van der Waals surface area contributed by atoms with Crippen LogP contribution in [0.1, 0.15) is 58.6 Å². The van der Waals surface area contributed by atoms with E-state index in [9.17, 15) is 19.8 Å². The number of morpholine rings is 1. The molecule has 1 amide bonds. The van der Waals surface area contributed by atoms with Crippen molar-refractivity contribution in [2.45, 2.75) is 76.8 Å². The van der Waals surface area contributed by atoms with E-state index in [4.69, 9.17) is 14.2 Å². The number of hydrogen-bond donors (Lipinski definition) is 2. The number of nitrogens with zero attached hydrogens (tertiary/aromatic N) is 2. The first-order valence-electron chi connectivity index (χ1n) is 13.6. The predicted molar refractivity (Wildman–Crippen MR) is 147 cm³/mol. The van der Waals surface area contributed by atoms with Crippen LogP contribution in [-0.2, 0) is 19.0 Å². The molecular weight excluding hydrogens is 500 g/mol. The predicted octanol–water partition coefficient (Wildman–Crippen LogP) is 3.92. The molecule has 0 aliphatic carbocycles. The average Bonchev–Trinajstić information content (AvgIpc) is 2.92. The smallest absolute Gasteiger partial charge is 0.410 e. The average molecular weight is 543 g/mol. The number of carbonyl (C=O) groups excluding carboxylic acids is 2. The van der Waals surface area contributed by atoms with Crippen molar-refractivity contribution in [3.8, 4) is 0 Å². The molecule has 3 rings (SSSR count). The van der Waals surface area contributed by atoms with Crippen LogP contribution in [0.25, 0.3) is 0 Å². The summed E-state index contributed by atoms with van der Waals surface area (Å²) in [6.07, 6.45) is 8.04. The number of esters is 1. The van der Waals surface area contributed by atoms with Gasteiger partial charge in [0.1, 0.15) is 11.7 Å². The maximum absolute atomic E-state index is 12.8. The highest BCUT2D eigenvalue weighted by Crippen LogP contribution is 2.27. The third-order valence-corrected chi connectivity index (χ3v) is 7.18. The third-order valence-electron chi connectivity index (χ3n) is 7.18. The first-order chi connectivity index (χ1) is 18.6. The van der Waals surface area contributed by atoms with Gasteiger partial charge in [0.25, 0.3) is 0 Å². The van der Waals surface area contributed by atoms with Gasteiger partial charge in [-0.25, -0.2) is 4.79 Å². The summed E-state index contributed by atoms with van der Waals surface area (Å²) in [6.45, 7) is 9.10. The number of cyclic esters (lactones) is 1. The molecule has 1 aromatic rings. The van der Waals surface area contributed by atoms with E-state index in [0.717, 1.165) is 11.3 Å². The van der Waals surface area contributed by atoms with E-state index in [-0.39, 0.29) is 31.1 Å². The van der Waals surface area contributed by atoms with Gasteiger partial charge in [-0.1, -0.05) is 44.2 Å². The van der Waals surface area contributed by atoms with Crippen molar-refractivity contribution >= 4 is 12.1 Å². The summed E-state index contributed by atoms with van der Waals surface area (Å²) in [5, 5.41) is 21.7. The molecule has 2 aliphatic rings. The summed E-state index contributed by atoms with van der Waals surface area (Å²) in [5.41, 5.74) is 0.310. The number of ether oxygens (including phenoxy) is 3. The van der Waals surface area contributed by atoms with E-state index in [1.54, 1.807) is 30.2 Å². The molecule has 2 N–H and O–H groups in total. The molecule has 39 heavy (non-hydrogen) atoms. The third kappa shape index (κ3) is 9.30. The van der Waals surface area contributed by atoms with E-state index >= 15 is 0 Å². The molecule has 2 aliphatic heterocycles. The normalized spacial score (nSPS) is 31.1. The maximum atomic E-state index is 12.8. The SMILES string of the molecule is C/C(=C\C=C\[C@H](C)c1ccccn1)[C@H]1OC(=O)C[C@@H](O)CC[C@](C)(O)[C@@H](OC(=O)N2CCOCC2)/C=C/[C@@H]1C. The van der Waals surface area contributed by atoms with E-state index in [1.165, 1.54) is 0 Å². The minimum Gasteiger partial charge on any atom is -0.457 e. The second kappa shape index (κ2) is 14.4. The fourth-order valence-electron chi connectivity index (χ4n) is 4.59. The fourth-order valence-corrected chi connectivity index (χ4v) is 4.59. The van der Waals surface area contributed by atoms with Crippen molar-refractivity contribution in [3.05, 3.63) is 66.0 Å². The highest BCUT2D eigenvalue weighted by Gasteiger charge is 2.36.